The highest BCUT2D eigenvalue weighted by Crippen LogP contribution is 2.18. The molecule has 0 bridgehead atoms. The van der Waals surface area contributed by atoms with Crippen molar-refractivity contribution in [3.05, 3.63) is 29.3 Å². The van der Waals surface area contributed by atoms with Crippen molar-refractivity contribution in [2.24, 2.45) is 0 Å². The molecular formula is C11H11ClN4O3S. The summed E-state index contributed by atoms with van der Waals surface area (Å²) >= 11 is 7.16. The van der Waals surface area contributed by atoms with Crippen LogP contribution in [0.3, 0.4) is 0 Å². The number of rotatable bonds is 7. The van der Waals surface area contributed by atoms with E-state index in [1.165, 1.54) is 16.4 Å². The van der Waals surface area contributed by atoms with E-state index in [2.05, 4.69) is 15.5 Å². The number of hydrogen-bond donors (Lipinski definition) is 1. The van der Waals surface area contributed by atoms with Crippen molar-refractivity contribution >= 4 is 29.3 Å². The van der Waals surface area contributed by atoms with Gasteiger partial charge in [-0.1, -0.05) is 29.4 Å². The lowest BCUT2D eigenvalue weighted by Crippen LogP contribution is -2.12. The molecule has 7 nitrogen and oxygen atoms in total. The minimum absolute atomic E-state index is 0.259. The Morgan fingerprint density at radius 3 is 3.10 bits per heavy atom. The van der Waals surface area contributed by atoms with Gasteiger partial charge < -0.3 is 9.84 Å². The van der Waals surface area contributed by atoms with Crippen LogP contribution in [0, 0.1) is 0 Å². The predicted octanol–water partition coefficient (Wildman–Crippen LogP) is 1.58. The van der Waals surface area contributed by atoms with E-state index in [9.17, 15) is 4.79 Å². The van der Waals surface area contributed by atoms with Gasteiger partial charge in [0.1, 0.15) is 12.3 Å². The molecule has 0 aliphatic rings. The lowest BCUT2D eigenvalue weighted by atomic mass is 10.3. The van der Waals surface area contributed by atoms with Gasteiger partial charge in [0.05, 0.1) is 6.61 Å². The maximum absolute atomic E-state index is 10.6. The molecule has 1 aromatic heterocycles. The smallest absolute Gasteiger partial charge is 0.325 e. The molecule has 106 valence electrons. The van der Waals surface area contributed by atoms with Crippen molar-refractivity contribution in [3.63, 3.8) is 0 Å². The number of benzene rings is 1. The highest BCUT2D eigenvalue weighted by molar-refractivity contribution is 7.99. The zero-order valence-corrected chi connectivity index (χ0v) is 11.8. The summed E-state index contributed by atoms with van der Waals surface area (Å²) < 4.78 is 6.74. The van der Waals surface area contributed by atoms with Crippen LogP contribution < -0.4 is 4.74 Å². The lowest BCUT2D eigenvalue weighted by molar-refractivity contribution is -0.138. The number of tetrazole rings is 1. The van der Waals surface area contributed by atoms with Crippen LogP contribution in [0.2, 0.25) is 5.02 Å². The first-order valence-corrected chi connectivity index (χ1v) is 7.00. The van der Waals surface area contributed by atoms with Gasteiger partial charge in [0.25, 0.3) is 0 Å². The molecule has 20 heavy (non-hydrogen) atoms. The number of thioether (sulfide) groups is 1. The van der Waals surface area contributed by atoms with E-state index in [1.54, 1.807) is 18.2 Å². The van der Waals surface area contributed by atoms with Crippen molar-refractivity contribution in [2.45, 2.75) is 11.7 Å². The Labute approximate surface area is 123 Å². The molecule has 1 aromatic carbocycles. The van der Waals surface area contributed by atoms with Crippen LogP contribution in [0.15, 0.2) is 29.4 Å². The molecular weight excluding hydrogens is 304 g/mol. The largest absolute Gasteiger partial charge is 0.493 e. The molecule has 0 radical (unpaired) electrons. The molecule has 0 unspecified atom stereocenters. The number of halogens is 1. The van der Waals surface area contributed by atoms with Gasteiger partial charge in [-0.15, -0.1) is 5.10 Å². The van der Waals surface area contributed by atoms with Crippen LogP contribution in [0.25, 0.3) is 0 Å². The van der Waals surface area contributed by atoms with E-state index < -0.39 is 5.97 Å². The highest BCUT2D eigenvalue weighted by Gasteiger charge is 2.09. The molecule has 0 aliphatic heterocycles. The third-order valence-corrected chi connectivity index (χ3v) is 3.32. The summed E-state index contributed by atoms with van der Waals surface area (Å²) in [6, 6.07) is 7.10. The number of carbonyl (C=O) groups is 1. The highest BCUT2D eigenvalue weighted by atomic mass is 35.5. The van der Waals surface area contributed by atoms with Gasteiger partial charge in [0.15, 0.2) is 0 Å². The van der Waals surface area contributed by atoms with Gasteiger partial charge in [0, 0.05) is 10.8 Å². The van der Waals surface area contributed by atoms with E-state index in [1.807, 2.05) is 6.07 Å². The fraction of sp³-hybridized carbons (Fsp3) is 0.273. The van der Waals surface area contributed by atoms with Gasteiger partial charge in [-0.3, -0.25) is 4.79 Å². The summed E-state index contributed by atoms with van der Waals surface area (Å²) in [5.74, 6) is 0.282. The van der Waals surface area contributed by atoms with Crippen LogP contribution in [-0.2, 0) is 11.3 Å². The molecule has 1 heterocycles. The Kier molecular flexibility index (Phi) is 5.19. The third-order valence-electron chi connectivity index (χ3n) is 2.16. The van der Waals surface area contributed by atoms with Crippen LogP contribution in [0.1, 0.15) is 0 Å². The lowest BCUT2D eigenvalue weighted by Gasteiger charge is -2.05. The van der Waals surface area contributed by atoms with Crippen LogP contribution in [0.5, 0.6) is 5.75 Å². The number of hydrogen-bond acceptors (Lipinski definition) is 6. The summed E-state index contributed by atoms with van der Waals surface area (Å²) in [7, 11) is 0. The fourth-order valence-electron chi connectivity index (χ4n) is 1.38. The van der Waals surface area contributed by atoms with Crippen LogP contribution in [0.4, 0.5) is 0 Å². The SMILES string of the molecule is O=C(O)Cn1nnnc1SCCOc1cccc(Cl)c1. The molecule has 0 atom stereocenters. The van der Waals surface area contributed by atoms with Crippen molar-refractivity contribution < 1.29 is 14.6 Å². The molecule has 0 fully saturated rings. The summed E-state index contributed by atoms with van der Waals surface area (Å²) in [6.45, 7) is 0.176. The second-order valence-electron chi connectivity index (χ2n) is 3.67. The standard InChI is InChI=1S/C11H11ClN4O3S/c12-8-2-1-3-9(6-8)19-4-5-20-11-13-14-15-16(11)7-10(17)18/h1-3,6H,4-5,7H2,(H,17,18). The fourth-order valence-corrected chi connectivity index (χ4v) is 2.25. The van der Waals surface area contributed by atoms with Gasteiger partial charge in [0.2, 0.25) is 5.16 Å². The molecule has 0 aliphatic carbocycles. The average molecular weight is 315 g/mol. The molecule has 0 saturated carbocycles. The van der Waals surface area contributed by atoms with E-state index >= 15 is 0 Å². The number of carboxylic acid groups (broad SMARTS) is 1. The second-order valence-corrected chi connectivity index (χ2v) is 5.17. The quantitative estimate of drug-likeness (QED) is 0.613. The van der Waals surface area contributed by atoms with Gasteiger partial charge in [-0.05, 0) is 28.6 Å². The van der Waals surface area contributed by atoms with Crippen LogP contribution >= 0.6 is 23.4 Å². The monoisotopic (exact) mass is 314 g/mol. The average Bonchev–Trinajstić information content (AvgIpc) is 2.81. The minimum atomic E-state index is -0.991. The zero-order valence-electron chi connectivity index (χ0n) is 10.3. The van der Waals surface area contributed by atoms with E-state index in [0.717, 1.165) is 0 Å². The van der Waals surface area contributed by atoms with Crippen molar-refractivity contribution in [2.75, 3.05) is 12.4 Å². The number of nitrogens with zero attached hydrogens (tertiary/aromatic N) is 4. The summed E-state index contributed by atoms with van der Waals surface area (Å²) in [4.78, 5) is 10.6. The van der Waals surface area contributed by atoms with Crippen molar-refractivity contribution in [1.29, 1.82) is 0 Å². The summed E-state index contributed by atoms with van der Waals surface area (Å²) in [6.07, 6.45) is 0. The minimum Gasteiger partial charge on any atom is -0.493 e. The Balaban J connectivity index is 1.79. The number of ether oxygens (including phenoxy) is 1. The summed E-state index contributed by atoms with van der Waals surface area (Å²) in [5.41, 5.74) is 0. The van der Waals surface area contributed by atoms with Gasteiger partial charge in [-0.25, -0.2) is 4.68 Å². The maximum atomic E-state index is 10.6. The van der Waals surface area contributed by atoms with Crippen molar-refractivity contribution in [1.82, 2.24) is 20.2 Å². The van der Waals surface area contributed by atoms with Crippen LogP contribution in [-0.4, -0.2) is 43.6 Å². The Bertz CT molecular complexity index is 593. The second kappa shape index (κ2) is 7.11. The summed E-state index contributed by atoms with van der Waals surface area (Å²) in [5, 5.41) is 20.5. The Morgan fingerprint density at radius 1 is 1.50 bits per heavy atom. The number of aliphatic carboxylic acids is 1. The number of aromatic nitrogens is 4. The normalized spacial score (nSPS) is 10.4. The predicted molar refractivity (Wildman–Crippen MR) is 73.1 cm³/mol. The van der Waals surface area contributed by atoms with E-state index in [0.29, 0.717) is 28.3 Å². The first-order chi connectivity index (χ1) is 9.65. The molecule has 0 amide bonds. The molecule has 1 N–H and O–H groups in total. The zero-order chi connectivity index (χ0) is 14.4. The van der Waals surface area contributed by atoms with E-state index in [4.69, 9.17) is 21.4 Å². The third kappa shape index (κ3) is 4.39. The van der Waals surface area contributed by atoms with Gasteiger partial charge >= 0.3 is 5.97 Å². The molecule has 2 rings (SSSR count). The Morgan fingerprint density at radius 2 is 2.35 bits per heavy atom. The molecule has 9 heteroatoms. The Hall–Kier alpha value is -1.80. The number of carboxylic acids is 1. The first kappa shape index (κ1) is 14.6. The topological polar surface area (TPSA) is 90.1 Å². The van der Waals surface area contributed by atoms with Crippen molar-refractivity contribution in [3.8, 4) is 5.75 Å². The molecule has 0 saturated heterocycles. The molecule has 0 spiro atoms. The van der Waals surface area contributed by atoms with Gasteiger partial charge in [-0.2, -0.15) is 0 Å². The molecule has 2 aromatic rings. The maximum Gasteiger partial charge on any atom is 0.325 e. The van der Waals surface area contributed by atoms with E-state index in [-0.39, 0.29) is 6.54 Å². The first-order valence-electron chi connectivity index (χ1n) is 5.64.